The Morgan fingerprint density at radius 3 is 2.43 bits per heavy atom. The highest BCUT2D eigenvalue weighted by atomic mass is 35.5. The Morgan fingerprint density at radius 2 is 1.82 bits per heavy atom. The van der Waals surface area contributed by atoms with Crippen LogP contribution in [0.15, 0.2) is 30.3 Å². The fraction of sp³-hybridized carbons (Fsp3) is 0.222. The van der Waals surface area contributed by atoms with Crippen LogP contribution in [0.5, 0.6) is 5.75 Å². The van der Waals surface area contributed by atoms with E-state index >= 15 is 0 Å². The van der Waals surface area contributed by atoms with Gasteiger partial charge in [0, 0.05) is 17.2 Å². The van der Waals surface area contributed by atoms with Crippen LogP contribution in [0.1, 0.15) is 11.1 Å². The number of rotatable bonds is 7. The summed E-state index contributed by atoms with van der Waals surface area (Å²) < 4.78 is 23.8. The number of amides is 1. The molecule has 0 aliphatic rings. The molecule has 0 saturated heterocycles. The molecular weight excluding hydrogens is 395 g/mol. The molecule has 0 aliphatic carbocycles. The molecule has 2 aromatic rings. The quantitative estimate of drug-likeness (QED) is 0.424. The summed E-state index contributed by atoms with van der Waals surface area (Å²) in [6.07, 6.45) is 0. The Hall–Kier alpha value is -3.20. The molecule has 2 aromatic carbocycles. The zero-order chi connectivity index (χ0) is 20.8. The van der Waals surface area contributed by atoms with Gasteiger partial charge in [-0.3, -0.25) is 14.9 Å². The fourth-order valence-corrected chi connectivity index (χ4v) is 2.68. The lowest BCUT2D eigenvalue weighted by Crippen LogP contribution is -2.24. The summed E-state index contributed by atoms with van der Waals surface area (Å²) in [5.74, 6) is -2.05. The number of aryl methyl sites for hydroxylation is 2. The number of nitro benzene ring substituents is 1. The third-order valence-electron chi connectivity index (χ3n) is 3.56. The molecule has 10 heteroatoms. The highest BCUT2D eigenvalue weighted by Crippen LogP contribution is 2.27. The highest BCUT2D eigenvalue weighted by Gasteiger charge is 2.15. The maximum Gasteiger partial charge on any atom is 0.344 e. The van der Waals surface area contributed by atoms with Crippen LogP contribution in [-0.4, -0.2) is 30.0 Å². The van der Waals surface area contributed by atoms with Crippen molar-refractivity contribution in [2.75, 3.05) is 18.5 Å². The molecule has 28 heavy (non-hydrogen) atoms. The van der Waals surface area contributed by atoms with Crippen molar-refractivity contribution in [1.82, 2.24) is 0 Å². The van der Waals surface area contributed by atoms with Crippen molar-refractivity contribution in [3.8, 4) is 5.75 Å². The number of hydrogen-bond acceptors (Lipinski definition) is 6. The SMILES string of the molecule is Cc1cc(Cl)cc(C)c1OCC(=O)OCC(=O)Nc1cc([N+](=O)[O-])ccc1F. The number of esters is 1. The van der Waals surface area contributed by atoms with Crippen LogP contribution in [0.3, 0.4) is 0 Å². The molecule has 0 saturated carbocycles. The van der Waals surface area contributed by atoms with Crippen molar-refractivity contribution in [2.24, 2.45) is 0 Å². The molecule has 0 spiro atoms. The largest absolute Gasteiger partial charge is 0.481 e. The summed E-state index contributed by atoms with van der Waals surface area (Å²) in [4.78, 5) is 33.5. The van der Waals surface area contributed by atoms with Gasteiger partial charge >= 0.3 is 5.97 Å². The van der Waals surface area contributed by atoms with Crippen LogP contribution in [0, 0.1) is 29.8 Å². The molecule has 0 fully saturated rings. The van der Waals surface area contributed by atoms with E-state index in [0.29, 0.717) is 10.8 Å². The maximum atomic E-state index is 13.6. The van der Waals surface area contributed by atoms with Gasteiger partial charge in [-0.1, -0.05) is 11.6 Å². The molecule has 2 rings (SSSR count). The lowest BCUT2D eigenvalue weighted by Gasteiger charge is -2.12. The van der Waals surface area contributed by atoms with E-state index in [1.54, 1.807) is 26.0 Å². The third kappa shape index (κ3) is 5.65. The number of nitrogens with one attached hydrogen (secondary N) is 1. The van der Waals surface area contributed by atoms with E-state index in [4.69, 9.17) is 21.1 Å². The average molecular weight is 411 g/mol. The fourth-order valence-electron chi connectivity index (χ4n) is 2.35. The number of nitro groups is 1. The normalized spacial score (nSPS) is 10.3. The van der Waals surface area contributed by atoms with Crippen LogP contribution in [0.2, 0.25) is 5.02 Å². The standard InChI is InChI=1S/C18H16ClFN2O6/c1-10-5-12(19)6-11(2)18(10)28-9-17(24)27-8-16(23)21-15-7-13(22(25)26)3-4-14(15)20/h3-7H,8-9H2,1-2H3,(H,21,23). The number of carbonyl (C=O) groups excluding carboxylic acids is 2. The first-order valence-corrected chi connectivity index (χ1v) is 8.34. The van der Waals surface area contributed by atoms with Crippen molar-refractivity contribution < 1.29 is 28.4 Å². The van der Waals surface area contributed by atoms with E-state index in [1.165, 1.54) is 0 Å². The van der Waals surface area contributed by atoms with Crippen molar-refractivity contribution in [3.05, 3.63) is 62.4 Å². The van der Waals surface area contributed by atoms with Crippen molar-refractivity contribution >= 4 is 34.9 Å². The van der Waals surface area contributed by atoms with Gasteiger partial charge in [-0.15, -0.1) is 0 Å². The third-order valence-corrected chi connectivity index (χ3v) is 3.78. The second kappa shape index (κ2) is 9.14. The van der Waals surface area contributed by atoms with E-state index in [9.17, 15) is 24.1 Å². The van der Waals surface area contributed by atoms with Crippen molar-refractivity contribution in [3.63, 3.8) is 0 Å². The first kappa shape index (κ1) is 21.1. The lowest BCUT2D eigenvalue weighted by molar-refractivity contribution is -0.384. The minimum absolute atomic E-state index is 0.390. The topological polar surface area (TPSA) is 108 Å². The summed E-state index contributed by atoms with van der Waals surface area (Å²) in [5, 5.41) is 13.3. The summed E-state index contributed by atoms with van der Waals surface area (Å²) in [6, 6.07) is 6.03. The van der Waals surface area contributed by atoms with Crippen LogP contribution >= 0.6 is 11.6 Å². The Balaban J connectivity index is 1.87. The minimum atomic E-state index is -0.859. The molecule has 0 bridgehead atoms. The molecule has 0 atom stereocenters. The van der Waals surface area contributed by atoms with Gasteiger partial charge in [-0.05, 0) is 43.2 Å². The van der Waals surface area contributed by atoms with Gasteiger partial charge in [-0.2, -0.15) is 0 Å². The van der Waals surface area contributed by atoms with Crippen LogP contribution in [-0.2, 0) is 14.3 Å². The zero-order valence-electron chi connectivity index (χ0n) is 15.0. The van der Waals surface area contributed by atoms with Gasteiger partial charge in [0.2, 0.25) is 0 Å². The molecule has 0 aliphatic heterocycles. The molecule has 0 aromatic heterocycles. The van der Waals surface area contributed by atoms with E-state index in [2.05, 4.69) is 5.32 Å². The zero-order valence-corrected chi connectivity index (χ0v) is 15.7. The number of non-ortho nitro benzene ring substituents is 1. The van der Waals surface area contributed by atoms with Gasteiger partial charge in [0.1, 0.15) is 11.6 Å². The Labute approximate surface area is 164 Å². The first-order chi connectivity index (χ1) is 13.2. The predicted octanol–water partition coefficient (Wildman–Crippen LogP) is 3.56. The number of benzene rings is 2. The number of nitrogens with zero attached hydrogens (tertiary/aromatic N) is 1. The Bertz CT molecular complexity index is 911. The van der Waals surface area contributed by atoms with Gasteiger partial charge in [0.25, 0.3) is 11.6 Å². The molecule has 0 heterocycles. The number of anilines is 1. The summed E-state index contributed by atoms with van der Waals surface area (Å²) in [5.41, 5.74) is 0.683. The number of ether oxygens (including phenoxy) is 2. The highest BCUT2D eigenvalue weighted by molar-refractivity contribution is 6.30. The first-order valence-electron chi connectivity index (χ1n) is 7.96. The maximum absolute atomic E-state index is 13.6. The Morgan fingerprint density at radius 1 is 1.18 bits per heavy atom. The molecular formula is C18H16ClFN2O6. The summed E-state index contributed by atoms with van der Waals surface area (Å²) >= 11 is 5.92. The van der Waals surface area contributed by atoms with E-state index in [0.717, 1.165) is 29.3 Å². The van der Waals surface area contributed by atoms with Crippen LogP contribution in [0.25, 0.3) is 0 Å². The second-order valence-corrected chi connectivity index (χ2v) is 6.22. The molecule has 148 valence electrons. The van der Waals surface area contributed by atoms with Gasteiger partial charge < -0.3 is 14.8 Å². The molecule has 0 unspecified atom stereocenters. The average Bonchev–Trinajstić information content (AvgIpc) is 2.60. The van der Waals surface area contributed by atoms with Crippen LogP contribution < -0.4 is 10.1 Å². The number of hydrogen-bond donors (Lipinski definition) is 1. The van der Waals surface area contributed by atoms with Crippen molar-refractivity contribution in [2.45, 2.75) is 13.8 Å². The Kier molecular flexibility index (Phi) is 6.89. The summed E-state index contributed by atoms with van der Waals surface area (Å²) in [7, 11) is 0. The number of halogens is 2. The van der Waals surface area contributed by atoms with Crippen molar-refractivity contribution in [1.29, 1.82) is 0 Å². The molecule has 8 nitrogen and oxygen atoms in total. The molecule has 1 N–H and O–H groups in total. The van der Waals surface area contributed by atoms with Gasteiger partial charge in [0.15, 0.2) is 13.2 Å². The van der Waals surface area contributed by atoms with E-state index in [1.807, 2.05) is 0 Å². The van der Waals surface area contributed by atoms with Crippen LogP contribution in [0.4, 0.5) is 15.8 Å². The second-order valence-electron chi connectivity index (χ2n) is 5.79. The smallest absolute Gasteiger partial charge is 0.344 e. The van der Waals surface area contributed by atoms with Gasteiger partial charge in [-0.25, -0.2) is 9.18 Å². The van der Waals surface area contributed by atoms with E-state index < -0.39 is 41.5 Å². The monoisotopic (exact) mass is 410 g/mol. The number of carbonyl (C=O) groups is 2. The molecule has 0 radical (unpaired) electrons. The lowest BCUT2D eigenvalue weighted by atomic mass is 10.1. The minimum Gasteiger partial charge on any atom is -0.481 e. The van der Waals surface area contributed by atoms with E-state index in [-0.39, 0.29) is 5.69 Å². The summed E-state index contributed by atoms with van der Waals surface area (Å²) in [6.45, 7) is 2.38. The molecule has 1 amide bonds. The predicted molar refractivity (Wildman–Crippen MR) is 99.1 cm³/mol. The van der Waals surface area contributed by atoms with Gasteiger partial charge in [0.05, 0.1) is 10.6 Å².